The topological polar surface area (TPSA) is 91.0 Å². The van der Waals surface area contributed by atoms with Gasteiger partial charge in [0, 0.05) is 38.4 Å². The fourth-order valence-electron chi connectivity index (χ4n) is 4.38. The van der Waals surface area contributed by atoms with Crippen LogP contribution in [-0.2, 0) is 14.3 Å². The van der Waals surface area contributed by atoms with Crippen LogP contribution in [0.5, 0.6) is 0 Å². The number of hydrogen-bond donors (Lipinski definition) is 2. The lowest BCUT2D eigenvalue weighted by Gasteiger charge is -2.31. The number of nitrogens with one attached hydrogen (secondary N) is 2. The second-order valence-electron chi connectivity index (χ2n) is 7.61. The van der Waals surface area contributed by atoms with Gasteiger partial charge in [0.2, 0.25) is 5.91 Å². The molecule has 0 radical (unpaired) electrons. The van der Waals surface area contributed by atoms with E-state index < -0.39 is 6.03 Å². The second-order valence-corrected chi connectivity index (χ2v) is 7.61. The van der Waals surface area contributed by atoms with Gasteiger partial charge in [-0.05, 0) is 37.5 Å². The Kier molecular flexibility index (Phi) is 6.04. The molecule has 0 spiro atoms. The summed E-state index contributed by atoms with van der Waals surface area (Å²) in [4.78, 5) is 39.1. The molecular formula is C17H27ClN4O4. The Morgan fingerprint density at radius 1 is 1.15 bits per heavy atom. The molecule has 4 amide bonds. The van der Waals surface area contributed by atoms with E-state index in [0.717, 1.165) is 44.0 Å². The van der Waals surface area contributed by atoms with Crippen LogP contribution in [0.2, 0.25) is 0 Å². The number of amides is 4. The zero-order valence-electron chi connectivity index (χ0n) is 14.8. The number of hydrogen-bond acceptors (Lipinski definition) is 5. The molecule has 4 aliphatic rings. The molecule has 0 aromatic rings. The Bertz CT molecular complexity index is 549. The first kappa shape index (κ1) is 19.4. The first-order chi connectivity index (χ1) is 12.1. The van der Waals surface area contributed by atoms with E-state index in [-0.39, 0.29) is 43.4 Å². The SMILES string of the molecule is Cl.O=C(CN1C(=O)CNC1=O)N[C@H]1CN(C2CCOCC2)C[C@@H]1C1CC1. The van der Waals surface area contributed by atoms with Crippen molar-refractivity contribution >= 4 is 30.3 Å². The molecule has 0 aromatic heterocycles. The summed E-state index contributed by atoms with van der Waals surface area (Å²) in [7, 11) is 0. The van der Waals surface area contributed by atoms with Crippen LogP contribution in [-0.4, -0.2) is 79.1 Å². The third-order valence-corrected chi connectivity index (χ3v) is 5.91. The van der Waals surface area contributed by atoms with Gasteiger partial charge in [-0.25, -0.2) is 4.79 Å². The van der Waals surface area contributed by atoms with Gasteiger partial charge in [0.25, 0.3) is 5.91 Å². The molecular weight excluding hydrogens is 360 g/mol. The predicted molar refractivity (Wildman–Crippen MR) is 95.9 cm³/mol. The molecule has 1 aliphatic carbocycles. The van der Waals surface area contributed by atoms with Crippen LogP contribution in [0.4, 0.5) is 4.79 Å². The number of halogens is 1. The molecule has 1 saturated carbocycles. The van der Waals surface area contributed by atoms with Gasteiger partial charge in [-0.15, -0.1) is 12.4 Å². The van der Waals surface area contributed by atoms with Crippen LogP contribution < -0.4 is 10.6 Å². The van der Waals surface area contributed by atoms with E-state index in [1.165, 1.54) is 12.8 Å². The van der Waals surface area contributed by atoms with Gasteiger partial charge < -0.3 is 15.4 Å². The van der Waals surface area contributed by atoms with Gasteiger partial charge in [0.05, 0.1) is 6.54 Å². The molecule has 4 fully saturated rings. The van der Waals surface area contributed by atoms with Crippen molar-refractivity contribution in [3.63, 3.8) is 0 Å². The standard InChI is InChI=1S/C17H26N4O4.ClH/c22-15(10-21-16(23)7-18-17(21)24)19-14-9-20(8-13(14)11-1-2-11)12-3-5-25-6-4-12;/h11-14H,1-10H2,(H,18,24)(H,19,22);1H/t13-,14+;/m1./s1. The average Bonchev–Trinajstić information content (AvgIpc) is 3.31. The third kappa shape index (κ3) is 4.13. The lowest BCUT2D eigenvalue weighted by molar-refractivity contribution is -0.131. The second kappa shape index (κ2) is 8.10. The van der Waals surface area contributed by atoms with E-state index in [0.29, 0.717) is 17.9 Å². The van der Waals surface area contributed by atoms with Crippen LogP contribution in [0.15, 0.2) is 0 Å². The number of carbonyl (C=O) groups excluding carboxylic acids is 3. The van der Waals surface area contributed by atoms with E-state index in [4.69, 9.17) is 4.74 Å². The molecule has 0 bridgehead atoms. The molecule has 2 N–H and O–H groups in total. The van der Waals surface area contributed by atoms with E-state index >= 15 is 0 Å². The van der Waals surface area contributed by atoms with Gasteiger partial charge >= 0.3 is 6.03 Å². The molecule has 4 rings (SSSR count). The highest BCUT2D eigenvalue weighted by Gasteiger charge is 2.45. The van der Waals surface area contributed by atoms with E-state index in [2.05, 4.69) is 15.5 Å². The number of imide groups is 1. The molecule has 2 atom stereocenters. The maximum absolute atomic E-state index is 12.4. The minimum atomic E-state index is -0.478. The zero-order chi connectivity index (χ0) is 17.4. The quantitative estimate of drug-likeness (QED) is 0.647. The normalized spacial score (nSPS) is 30.2. The van der Waals surface area contributed by atoms with Crippen LogP contribution in [0.1, 0.15) is 25.7 Å². The average molecular weight is 387 g/mol. The Hall–Kier alpha value is -1.38. The van der Waals surface area contributed by atoms with E-state index in [1.54, 1.807) is 0 Å². The van der Waals surface area contributed by atoms with Crippen LogP contribution >= 0.6 is 12.4 Å². The molecule has 26 heavy (non-hydrogen) atoms. The highest BCUT2D eigenvalue weighted by molar-refractivity contribution is 6.04. The largest absolute Gasteiger partial charge is 0.381 e. The van der Waals surface area contributed by atoms with Crippen molar-refractivity contribution in [2.45, 2.75) is 37.8 Å². The lowest BCUT2D eigenvalue weighted by atomic mass is 9.98. The Balaban J connectivity index is 0.00000196. The lowest BCUT2D eigenvalue weighted by Crippen LogP contribution is -2.47. The van der Waals surface area contributed by atoms with Crippen molar-refractivity contribution in [3.8, 4) is 0 Å². The fourth-order valence-corrected chi connectivity index (χ4v) is 4.38. The molecule has 146 valence electrons. The predicted octanol–water partition coefficient (Wildman–Crippen LogP) is -0.0344. The molecule has 0 aromatic carbocycles. The number of carbonyl (C=O) groups is 3. The Labute approximate surface area is 159 Å². The number of rotatable bonds is 5. The number of ether oxygens (including phenoxy) is 1. The summed E-state index contributed by atoms with van der Waals surface area (Å²) >= 11 is 0. The van der Waals surface area contributed by atoms with Gasteiger partial charge in [-0.3, -0.25) is 19.4 Å². The maximum atomic E-state index is 12.4. The molecule has 0 unspecified atom stereocenters. The smallest absolute Gasteiger partial charge is 0.325 e. The number of nitrogens with zero attached hydrogens (tertiary/aromatic N) is 2. The van der Waals surface area contributed by atoms with Crippen molar-refractivity contribution in [3.05, 3.63) is 0 Å². The van der Waals surface area contributed by atoms with Crippen LogP contribution in [0, 0.1) is 11.8 Å². The summed E-state index contributed by atoms with van der Waals surface area (Å²) in [5.74, 6) is 0.603. The van der Waals surface area contributed by atoms with Gasteiger partial charge in [0.15, 0.2) is 0 Å². The zero-order valence-corrected chi connectivity index (χ0v) is 15.6. The molecule has 9 heteroatoms. The van der Waals surface area contributed by atoms with Crippen LogP contribution in [0.3, 0.4) is 0 Å². The first-order valence-electron chi connectivity index (χ1n) is 9.31. The summed E-state index contributed by atoms with van der Waals surface area (Å²) in [6.07, 6.45) is 4.60. The maximum Gasteiger partial charge on any atom is 0.325 e. The van der Waals surface area contributed by atoms with Crippen molar-refractivity contribution in [1.29, 1.82) is 0 Å². The summed E-state index contributed by atoms with van der Waals surface area (Å²) in [6.45, 7) is 3.33. The summed E-state index contributed by atoms with van der Waals surface area (Å²) in [6, 6.07) is 0.181. The van der Waals surface area contributed by atoms with Crippen molar-refractivity contribution in [2.24, 2.45) is 11.8 Å². The summed E-state index contributed by atoms with van der Waals surface area (Å²) in [5.41, 5.74) is 0. The van der Waals surface area contributed by atoms with E-state index in [1.807, 2.05) is 0 Å². The Morgan fingerprint density at radius 3 is 2.50 bits per heavy atom. The molecule has 3 aliphatic heterocycles. The highest BCUT2D eigenvalue weighted by Crippen LogP contribution is 2.42. The summed E-state index contributed by atoms with van der Waals surface area (Å²) in [5, 5.41) is 5.54. The molecule has 3 heterocycles. The van der Waals surface area contributed by atoms with Crippen molar-refractivity contribution in [2.75, 3.05) is 39.4 Å². The van der Waals surface area contributed by atoms with Gasteiger partial charge in [-0.1, -0.05) is 0 Å². The minimum absolute atomic E-state index is 0. The first-order valence-corrected chi connectivity index (χ1v) is 9.31. The van der Waals surface area contributed by atoms with Crippen LogP contribution in [0.25, 0.3) is 0 Å². The summed E-state index contributed by atoms with van der Waals surface area (Å²) < 4.78 is 5.46. The third-order valence-electron chi connectivity index (χ3n) is 5.91. The van der Waals surface area contributed by atoms with Crippen molar-refractivity contribution in [1.82, 2.24) is 20.4 Å². The number of likely N-dealkylation sites (tertiary alicyclic amines) is 1. The Morgan fingerprint density at radius 2 is 1.88 bits per heavy atom. The van der Waals surface area contributed by atoms with E-state index in [9.17, 15) is 14.4 Å². The highest BCUT2D eigenvalue weighted by atomic mass is 35.5. The van der Waals surface area contributed by atoms with Gasteiger partial charge in [-0.2, -0.15) is 0 Å². The number of urea groups is 1. The molecule has 3 saturated heterocycles. The minimum Gasteiger partial charge on any atom is -0.381 e. The van der Waals surface area contributed by atoms with Crippen molar-refractivity contribution < 1.29 is 19.1 Å². The fraction of sp³-hybridized carbons (Fsp3) is 0.824. The monoisotopic (exact) mass is 386 g/mol. The van der Waals surface area contributed by atoms with Gasteiger partial charge in [0.1, 0.15) is 6.54 Å². The molecule has 8 nitrogen and oxygen atoms in total.